The van der Waals surface area contributed by atoms with Crippen LogP contribution in [0.25, 0.3) is 0 Å². The summed E-state index contributed by atoms with van der Waals surface area (Å²) in [4.78, 5) is 6.76. The number of nitrogens with zero attached hydrogens (tertiary/aromatic N) is 2. The zero-order valence-electron chi connectivity index (χ0n) is 15.3. The predicted octanol–water partition coefficient (Wildman–Crippen LogP) is 1.10. The summed E-state index contributed by atoms with van der Waals surface area (Å²) in [7, 11) is -1.17. The fraction of sp³-hybridized carbons (Fsp3) is 0.938. The van der Waals surface area contributed by atoms with E-state index in [2.05, 4.69) is 34.4 Å². The highest BCUT2D eigenvalue weighted by Gasteiger charge is 2.21. The van der Waals surface area contributed by atoms with Crippen LogP contribution >= 0.6 is 0 Å². The van der Waals surface area contributed by atoms with Gasteiger partial charge in [-0.05, 0) is 45.6 Å². The molecular weight excluding hydrogens is 312 g/mol. The topological polar surface area (TPSA) is 73.8 Å². The molecule has 0 amide bonds. The molecule has 0 radical (unpaired) electrons. The molecule has 136 valence electrons. The normalized spacial score (nSPS) is 23.3. The van der Waals surface area contributed by atoms with Crippen molar-refractivity contribution in [2.75, 3.05) is 38.7 Å². The summed E-state index contributed by atoms with van der Waals surface area (Å²) in [5.74, 6) is 1.71. The Hall–Kier alpha value is -0.820. The summed E-state index contributed by atoms with van der Waals surface area (Å²) < 4.78 is 22.5. The molecule has 1 saturated heterocycles. The van der Waals surface area contributed by atoms with Crippen LogP contribution in [0, 0.1) is 5.92 Å². The lowest BCUT2D eigenvalue weighted by molar-refractivity contribution is 0.139. The van der Waals surface area contributed by atoms with Crippen LogP contribution in [0.2, 0.25) is 0 Å². The van der Waals surface area contributed by atoms with Gasteiger partial charge >= 0.3 is 0 Å². The summed E-state index contributed by atoms with van der Waals surface area (Å²) in [6, 6.07) is 0.531. The van der Waals surface area contributed by atoms with Gasteiger partial charge < -0.3 is 10.6 Å². The van der Waals surface area contributed by atoms with E-state index in [0.717, 1.165) is 18.4 Å². The predicted molar refractivity (Wildman–Crippen MR) is 97.7 cm³/mol. The lowest BCUT2D eigenvalue weighted by Crippen LogP contribution is -2.50. The van der Waals surface area contributed by atoms with Gasteiger partial charge in [0.25, 0.3) is 0 Å². The van der Waals surface area contributed by atoms with Crippen LogP contribution in [0.4, 0.5) is 0 Å². The Kier molecular flexibility index (Phi) is 8.33. The minimum Gasteiger partial charge on any atom is -0.355 e. The molecule has 3 atom stereocenters. The van der Waals surface area contributed by atoms with Gasteiger partial charge in [0.05, 0.1) is 5.75 Å². The maximum atomic E-state index is 11.2. The zero-order chi connectivity index (χ0) is 17.5. The van der Waals surface area contributed by atoms with Gasteiger partial charge in [-0.25, -0.2) is 8.42 Å². The molecule has 23 heavy (non-hydrogen) atoms. The van der Waals surface area contributed by atoms with Crippen molar-refractivity contribution >= 4 is 15.8 Å². The molecule has 0 aliphatic carbocycles. The van der Waals surface area contributed by atoms with Gasteiger partial charge in [0.2, 0.25) is 0 Å². The van der Waals surface area contributed by atoms with Gasteiger partial charge in [0, 0.05) is 38.5 Å². The second-order valence-electron chi connectivity index (χ2n) is 7.01. The molecule has 3 unspecified atom stereocenters. The molecule has 0 aromatic heterocycles. The third-order valence-corrected chi connectivity index (χ3v) is 5.38. The number of nitrogens with one attached hydrogen (secondary N) is 2. The molecule has 1 heterocycles. The first-order valence-electron chi connectivity index (χ1n) is 8.60. The Morgan fingerprint density at radius 1 is 1.39 bits per heavy atom. The fourth-order valence-corrected chi connectivity index (χ4v) is 3.67. The number of hydrogen-bond acceptors (Lipinski definition) is 4. The number of aliphatic imine (C=N–C) groups is 1. The van der Waals surface area contributed by atoms with Crippen molar-refractivity contribution in [3.05, 3.63) is 0 Å². The average Bonchev–Trinajstić information content (AvgIpc) is 2.48. The number of piperidine rings is 1. The van der Waals surface area contributed by atoms with E-state index in [4.69, 9.17) is 0 Å². The highest BCUT2D eigenvalue weighted by atomic mass is 32.2. The summed E-state index contributed by atoms with van der Waals surface area (Å²) in [6.07, 6.45) is 4.46. The van der Waals surface area contributed by atoms with Crippen LogP contribution in [0.1, 0.15) is 40.0 Å². The maximum absolute atomic E-state index is 11.2. The van der Waals surface area contributed by atoms with Crippen LogP contribution in [-0.2, 0) is 9.84 Å². The van der Waals surface area contributed by atoms with E-state index in [1.165, 1.54) is 32.2 Å². The molecular formula is C16H34N4O2S. The summed E-state index contributed by atoms with van der Waals surface area (Å²) in [6.45, 7) is 9.71. The van der Waals surface area contributed by atoms with E-state index in [9.17, 15) is 8.42 Å². The molecule has 0 spiro atoms. The van der Waals surface area contributed by atoms with Crippen molar-refractivity contribution in [3.63, 3.8) is 0 Å². The van der Waals surface area contributed by atoms with E-state index in [1.807, 2.05) is 6.92 Å². The Labute approximate surface area is 142 Å². The Balaban J connectivity index is 2.35. The fourth-order valence-electron chi connectivity index (χ4n) is 2.89. The minimum atomic E-state index is -2.91. The zero-order valence-corrected chi connectivity index (χ0v) is 16.1. The SMILES string of the molecule is CN=C(NCC(C)N1CCCC(C)C1)NC(C)CCS(C)(=O)=O. The largest absolute Gasteiger partial charge is 0.355 e. The molecule has 7 heteroatoms. The first-order valence-corrected chi connectivity index (χ1v) is 10.7. The Morgan fingerprint density at radius 3 is 2.65 bits per heavy atom. The molecule has 1 aliphatic rings. The average molecular weight is 347 g/mol. The Bertz CT molecular complexity index is 478. The molecule has 6 nitrogen and oxygen atoms in total. The van der Waals surface area contributed by atoms with Crippen LogP contribution in [0.3, 0.4) is 0 Å². The summed E-state index contributed by atoms with van der Waals surface area (Å²) in [5, 5.41) is 6.62. The molecule has 0 aromatic rings. The van der Waals surface area contributed by atoms with Crippen molar-refractivity contribution in [1.82, 2.24) is 15.5 Å². The van der Waals surface area contributed by atoms with Crippen molar-refractivity contribution in [3.8, 4) is 0 Å². The first-order chi connectivity index (χ1) is 10.7. The van der Waals surface area contributed by atoms with E-state index >= 15 is 0 Å². The van der Waals surface area contributed by atoms with Crippen LogP contribution < -0.4 is 10.6 Å². The molecule has 1 fully saturated rings. The lowest BCUT2D eigenvalue weighted by atomic mass is 9.99. The molecule has 0 saturated carbocycles. The van der Waals surface area contributed by atoms with Crippen molar-refractivity contribution in [2.45, 2.75) is 52.1 Å². The van der Waals surface area contributed by atoms with Crippen LogP contribution in [-0.4, -0.2) is 70.1 Å². The van der Waals surface area contributed by atoms with Crippen LogP contribution in [0.15, 0.2) is 4.99 Å². The van der Waals surface area contributed by atoms with Gasteiger partial charge in [-0.1, -0.05) is 6.92 Å². The Morgan fingerprint density at radius 2 is 2.09 bits per heavy atom. The third kappa shape index (κ3) is 8.55. The second-order valence-corrected chi connectivity index (χ2v) is 9.27. The molecule has 0 aromatic carbocycles. The standard InChI is InChI=1S/C16H34N4O2S/c1-13-7-6-9-20(12-13)15(3)11-18-16(17-4)19-14(2)8-10-23(5,21)22/h13-15H,6-12H2,1-5H3,(H2,17,18,19). The quantitative estimate of drug-likeness (QED) is 0.533. The van der Waals surface area contributed by atoms with Gasteiger partial charge in [-0.3, -0.25) is 9.89 Å². The highest BCUT2D eigenvalue weighted by Crippen LogP contribution is 2.17. The minimum absolute atomic E-state index is 0.0706. The smallest absolute Gasteiger partial charge is 0.191 e. The van der Waals surface area contributed by atoms with Crippen molar-refractivity contribution < 1.29 is 8.42 Å². The third-order valence-electron chi connectivity index (χ3n) is 4.41. The van der Waals surface area contributed by atoms with Gasteiger partial charge in [0.1, 0.15) is 9.84 Å². The van der Waals surface area contributed by atoms with Crippen molar-refractivity contribution in [1.29, 1.82) is 0 Å². The van der Waals surface area contributed by atoms with Gasteiger partial charge in [0.15, 0.2) is 5.96 Å². The van der Waals surface area contributed by atoms with Gasteiger partial charge in [-0.15, -0.1) is 0 Å². The monoisotopic (exact) mass is 346 g/mol. The molecule has 0 bridgehead atoms. The molecule has 2 N–H and O–H groups in total. The molecule has 1 aliphatic heterocycles. The van der Waals surface area contributed by atoms with Crippen molar-refractivity contribution in [2.24, 2.45) is 10.9 Å². The van der Waals surface area contributed by atoms with Crippen LogP contribution in [0.5, 0.6) is 0 Å². The highest BCUT2D eigenvalue weighted by molar-refractivity contribution is 7.90. The first kappa shape index (κ1) is 20.2. The van der Waals surface area contributed by atoms with E-state index in [-0.39, 0.29) is 11.8 Å². The summed E-state index contributed by atoms with van der Waals surface area (Å²) in [5.41, 5.74) is 0. The number of guanidine groups is 1. The van der Waals surface area contributed by atoms with Gasteiger partial charge in [-0.2, -0.15) is 0 Å². The number of hydrogen-bond donors (Lipinski definition) is 2. The van der Waals surface area contributed by atoms with E-state index in [0.29, 0.717) is 12.5 Å². The lowest BCUT2D eigenvalue weighted by Gasteiger charge is -2.35. The number of rotatable bonds is 7. The number of sulfone groups is 1. The maximum Gasteiger partial charge on any atom is 0.191 e. The van der Waals surface area contributed by atoms with E-state index in [1.54, 1.807) is 7.05 Å². The second kappa shape index (κ2) is 9.47. The summed E-state index contributed by atoms with van der Waals surface area (Å²) >= 11 is 0. The van der Waals surface area contributed by atoms with E-state index < -0.39 is 9.84 Å². The molecule has 1 rings (SSSR count). The number of likely N-dealkylation sites (tertiary alicyclic amines) is 1.